The number of hydrogen-bond donors (Lipinski definition) is 1. The second-order valence-electron chi connectivity index (χ2n) is 3.81. The summed E-state index contributed by atoms with van der Waals surface area (Å²) in [5.74, 6) is 1.26. The van der Waals surface area contributed by atoms with Crippen LogP contribution in [0.2, 0.25) is 0 Å². The van der Waals surface area contributed by atoms with Gasteiger partial charge in [-0.1, -0.05) is 6.92 Å². The second kappa shape index (κ2) is 6.92. The number of carbonyl (C=O) groups is 1. The highest BCUT2D eigenvalue weighted by atomic mass is 32.2. The summed E-state index contributed by atoms with van der Waals surface area (Å²) in [4.78, 5) is 15.6. The van der Waals surface area contributed by atoms with E-state index in [-0.39, 0.29) is 5.91 Å². The standard InChI is InChI=1S/C12H15N3OS/c1-9(8-17-2)6-15-12(16)11-4-3-10(5-13)7-14-11/h3-4,7,9H,6,8H2,1-2H3,(H,15,16). The van der Waals surface area contributed by atoms with Crippen LogP contribution < -0.4 is 5.32 Å². The van der Waals surface area contributed by atoms with Gasteiger partial charge in [-0.3, -0.25) is 4.79 Å². The van der Waals surface area contributed by atoms with Gasteiger partial charge in [0.2, 0.25) is 0 Å². The van der Waals surface area contributed by atoms with E-state index in [9.17, 15) is 4.79 Å². The number of carbonyl (C=O) groups excluding carboxylic acids is 1. The molecule has 1 heterocycles. The molecule has 1 N–H and O–H groups in total. The van der Waals surface area contributed by atoms with Crippen molar-refractivity contribution >= 4 is 17.7 Å². The first-order valence-electron chi connectivity index (χ1n) is 5.30. The van der Waals surface area contributed by atoms with Crippen LogP contribution >= 0.6 is 11.8 Å². The number of amides is 1. The van der Waals surface area contributed by atoms with Gasteiger partial charge in [-0.05, 0) is 30.1 Å². The van der Waals surface area contributed by atoms with Crippen molar-refractivity contribution in [3.63, 3.8) is 0 Å². The van der Waals surface area contributed by atoms with Gasteiger partial charge < -0.3 is 5.32 Å². The first-order chi connectivity index (χ1) is 8.17. The molecule has 0 saturated carbocycles. The molecule has 90 valence electrons. The Bertz CT molecular complexity index is 411. The number of hydrogen-bond acceptors (Lipinski definition) is 4. The van der Waals surface area contributed by atoms with Gasteiger partial charge in [0.25, 0.3) is 5.91 Å². The number of rotatable bonds is 5. The summed E-state index contributed by atoms with van der Waals surface area (Å²) in [6, 6.07) is 5.12. The Morgan fingerprint density at radius 2 is 2.41 bits per heavy atom. The van der Waals surface area contributed by atoms with Gasteiger partial charge in [-0.2, -0.15) is 17.0 Å². The van der Waals surface area contributed by atoms with E-state index in [1.807, 2.05) is 12.3 Å². The molecule has 0 spiro atoms. The number of thioether (sulfide) groups is 1. The Hall–Kier alpha value is -1.54. The maximum absolute atomic E-state index is 11.7. The van der Waals surface area contributed by atoms with Gasteiger partial charge in [0, 0.05) is 12.7 Å². The molecule has 5 heteroatoms. The molecular formula is C12H15N3OS. The Balaban J connectivity index is 2.50. The molecule has 1 amide bonds. The molecule has 17 heavy (non-hydrogen) atoms. The largest absolute Gasteiger partial charge is 0.350 e. The number of aromatic nitrogens is 1. The maximum atomic E-state index is 11.7. The Morgan fingerprint density at radius 1 is 1.65 bits per heavy atom. The first-order valence-corrected chi connectivity index (χ1v) is 6.70. The van der Waals surface area contributed by atoms with Gasteiger partial charge in [0.05, 0.1) is 5.56 Å². The van der Waals surface area contributed by atoms with E-state index in [1.165, 1.54) is 6.20 Å². The van der Waals surface area contributed by atoms with Crippen molar-refractivity contribution in [3.05, 3.63) is 29.6 Å². The lowest BCUT2D eigenvalue weighted by Gasteiger charge is -2.10. The molecule has 1 unspecified atom stereocenters. The van der Waals surface area contributed by atoms with Crippen LogP contribution in [0.15, 0.2) is 18.3 Å². The van der Waals surface area contributed by atoms with Gasteiger partial charge >= 0.3 is 0 Å². The van der Waals surface area contributed by atoms with Crippen molar-refractivity contribution in [2.45, 2.75) is 6.92 Å². The molecule has 4 nitrogen and oxygen atoms in total. The van der Waals surface area contributed by atoms with E-state index in [4.69, 9.17) is 5.26 Å². The molecule has 0 radical (unpaired) electrons. The zero-order valence-corrected chi connectivity index (χ0v) is 10.8. The van der Waals surface area contributed by atoms with Crippen LogP contribution in [-0.2, 0) is 0 Å². The third-order valence-corrected chi connectivity index (χ3v) is 3.09. The Labute approximate surface area is 105 Å². The van der Waals surface area contributed by atoms with Crippen LogP contribution in [-0.4, -0.2) is 29.4 Å². The van der Waals surface area contributed by atoms with Crippen LogP contribution in [0.1, 0.15) is 23.0 Å². The summed E-state index contributed by atoms with van der Waals surface area (Å²) in [5, 5.41) is 11.4. The minimum Gasteiger partial charge on any atom is -0.350 e. The van der Waals surface area contributed by atoms with E-state index in [2.05, 4.69) is 17.2 Å². The van der Waals surface area contributed by atoms with E-state index >= 15 is 0 Å². The number of pyridine rings is 1. The lowest BCUT2D eigenvalue weighted by Crippen LogP contribution is -2.29. The topological polar surface area (TPSA) is 65.8 Å². The molecule has 1 atom stereocenters. The van der Waals surface area contributed by atoms with E-state index in [0.29, 0.717) is 23.7 Å². The zero-order chi connectivity index (χ0) is 12.7. The van der Waals surface area contributed by atoms with E-state index in [1.54, 1.807) is 23.9 Å². The molecule has 0 saturated heterocycles. The fraction of sp³-hybridized carbons (Fsp3) is 0.417. The van der Waals surface area contributed by atoms with Crippen LogP contribution in [0, 0.1) is 17.2 Å². The highest BCUT2D eigenvalue weighted by Gasteiger charge is 2.08. The normalized spacial score (nSPS) is 11.6. The monoisotopic (exact) mass is 249 g/mol. The Kier molecular flexibility index (Phi) is 5.50. The van der Waals surface area contributed by atoms with Gasteiger partial charge in [0.1, 0.15) is 11.8 Å². The first kappa shape index (κ1) is 13.5. The third kappa shape index (κ3) is 4.45. The fourth-order valence-corrected chi connectivity index (χ4v) is 1.98. The minimum atomic E-state index is -0.192. The minimum absolute atomic E-state index is 0.192. The summed E-state index contributed by atoms with van der Waals surface area (Å²) in [6.07, 6.45) is 3.45. The van der Waals surface area contributed by atoms with Crippen molar-refractivity contribution < 1.29 is 4.79 Å². The van der Waals surface area contributed by atoms with Gasteiger partial charge in [-0.15, -0.1) is 0 Å². The average Bonchev–Trinajstić information content (AvgIpc) is 2.36. The highest BCUT2D eigenvalue weighted by molar-refractivity contribution is 7.98. The molecule has 1 aromatic heterocycles. The number of nitrogens with zero attached hydrogens (tertiary/aromatic N) is 2. The van der Waals surface area contributed by atoms with Gasteiger partial charge in [-0.25, -0.2) is 4.98 Å². The van der Waals surface area contributed by atoms with Crippen LogP contribution in [0.3, 0.4) is 0 Å². The summed E-state index contributed by atoms with van der Waals surface area (Å²) in [6.45, 7) is 2.73. The lowest BCUT2D eigenvalue weighted by molar-refractivity contribution is 0.0944. The predicted octanol–water partition coefficient (Wildman–Crippen LogP) is 1.68. The fourth-order valence-electron chi connectivity index (χ4n) is 1.30. The molecular weight excluding hydrogens is 234 g/mol. The van der Waals surface area contributed by atoms with E-state index < -0.39 is 0 Å². The van der Waals surface area contributed by atoms with Crippen LogP contribution in [0.5, 0.6) is 0 Å². The summed E-state index contributed by atoms with van der Waals surface area (Å²) in [7, 11) is 0. The Morgan fingerprint density at radius 3 is 2.94 bits per heavy atom. The summed E-state index contributed by atoms with van der Waals surface area (Å²) in [5.41, 5.74) is 0.803. The summed E-state index contributed by atoms with van der Waals surface area (Å²) >= 11 is 1.76. The van der Waals surface area contributed by atoms with Crippen molar-refractivity contribution in [1.29, 1.82) is 5.26 Å². The number of nitriles is 1. The molecule has 1 rings (SSSR count). The van der Waals surface area contributed by atoms with Crippen LogP contribution in [0.4, 0.5) is 0 Å². The molecule has 1 aromatic rings. The van der Waals surface area contributed by atoms with Crippen molar-refractivity contribution in [1.82, 2.24) is 10.3 Å². The number of nitrogens with one attached hydrogen (secondary N) is 1. The predicted molar refractivity (Wildman–Crippen MR) is 68.8 cm³/mol. The van der Waals surface area contributed by atoms with Crippen molar-refractivity contribution in [2.24, 2.45) is 5.92 Å². The molecule has 0 aliphatic rings. The van der Waals surface area contributed by atoms with Crippen molar-refractivity contribution in [2.75, 3.05) is 18.6 Å². The average molecular weight is 249 g/mol. The summed E-state index contributed by atoms with van der Waals surface area (Å²) < 4.78 is 0. The third-order valence-electron chi connectivity index (χ3n) is 2.19. The maximum Gasteiger partial charge on any atom is 0.269 e. The molecule has 0 bridgehead atoms. The van der Waals surface area contributed by atoms with E-state index in [0.717, 1.165) is 5.75 Å². The van der Waals surface area contributed by atoms with Crippen molar-refractivity contribution in [3.8, 4) is 6.07 Å². The van der Waals surface area contributed by atoms with Gasteiger partial charge in [0.15, 0.2) is 0 Å². The zero-order valence-electron chi connectivity index (χ0n) is 9.93. The van der Waals surface area contributed by atoms with Crippen LogP contribution in [0.25, 0.3) is 0 Å². The smallest absolute Gasteiger partial charge is 0.269 e. The quantitative estimate of drug-likeness (QED) is 0.862. The molecule has 0 aromatic carbocycles. The lowest BCUT2D eigenvalue weighted by atomic mass is 10.2. The molecule has 0 aliphatic heterocycles. The second-order valence-corrected chi connectivity index (χ2v) is 4.73. The highest BCUT2D eigenvalue weighted by Crippen LogP contribution is 2.03. The molecule has 0 fully saturated rings. The SMILES string of the molecule is CSCC(C)CNC(=O)c1ccc(C#N)cn1. The molecule has 0 aliphatic carbocycles.